The number of carbonyl (C=O) groups excluding carboxylic acids is 2. The number of quaternary nitrogens is 1. The minimum Gasteiger partial charge on any atom is -0.544 e. The van der Waals surface area contributed by atoms with E-state index in [9.17, 15) is 14.7 Å². The van der Waals surface area contributed by atoms with Gasteiger partial charge in [0.15, 0.2) is 0 Å². The molecule has 0 aromatic carbocycles. The first-order chi connectivity index (χ1) is 11.9. The quantitative estimate of drug-likeness (QED) is 0.322. The van der Waals surface area contributed by atoms with Crippen molar-refractivity contribution in [3.05, 3.63) is 0 Å². The van der Waals surface area contributed by atoms with Gasteiger partial charge in [0.05, 0.1) is 26.6 Å². The molecule has 0 aromatic heterocycles. The molecule has 1 amide bonds. The first kappa shape index (κ1) is 23.9. The highest BCUT2D eigenvalue weighted by Gasteiger charge is 2.14. The Labute approximate surface area is 154 Å². The highest BCUT2D eigenvalue weighted by atomic mass is 16.4. The molecule has 0 aliphatic rings. The van der Waals surface area contributed by atoms with Gasteiger partial charge in [0, 0.05) is 19.4 Å². The Hall–Kier alpha value is -1.10. The molecule has 0 unspecified atom stereocenters. The number of nitrogens with one attached hydrogen (secondary N) is 1. The summed E-state index contributed by atoms with van der Waals surface area (Å²) in [5.41, 5.74) is 0. The molecular weight excluding hydrogens is 316 g/mol. The molecule has 1 N–H and O–H groups in total. The van der Waals surface area contributed by atoms with Crippen molar-refractivity contribution in [1.82, 2.24) is 5.32 Å². The molecule has 5 nitrogen and oxygen atoms in total. The summed E-state index contributed by atoms with van der Waals surface area (Å²) in [4.78, 5) is 22.4. The lowest BCUT2D eigenvalue weighted by atomic mass is 10.1. The summed E-state index contributed by atoms with van der Waals surface area (Å²) in [5, 5.41) is 13.6. The SMILES string of the molecule is CCCCCCCCCCCCC(=O)NCCC[N+](C)(C)CC(=O)[O-]. The Balaban J connectivity index is 3.40. The predicted molar refractivity (Wildman–Crippen MR) is 101 cm³/mol. The summed E-state index contributed by atoms with van der Waals surface area (Å²) in [6.45, 7) is 3.58. The summed E-state index contributed by atoms with van der Waals surface area (Å²) in [6, 6.07) is 0. The number of hydrogen-bond donors (Lipinski definition) is 1. The van der Waals surface area contributed by atoms with Crippen LogP contribution in [0.2, 0.25) is 0 Å². The minimum absolute atomic E-state index is 0.00650. The fourth-order valence-corrected chi connectivity index (χ4v) is 3.02. The Kier molecular flexibility index (Phi) is 14.5. The fraction of sp³-hybridized carbons (Fsp3) is 0.900. The minimum atomic E-state index is -1.03. The van der Waals surface area contributed by atoms with E-state index < -0.39 is 5.97 Å². The molecule has 0 spiro atoms. The zero-order valence-corrected chi connectivity index (χ0v) is 16.8. The van der Waals surface area contributed by atoms with Crippen LogP contribution in [0.25, 0.3) is 0 Å². The molecule has 0 saturated heterocycles. The molecule has 0 bridgehead atoms. The lowest BCUT2D eigenvalue weighted by Gasteiger charge is -2.30. The summed E-state index contributed by atoms with van der Waals surface area (Å²) in [7, 11) is 3.73. The van der Waals surface area contributed by atoms with Crippen LogP contribution in [0.5, 0.6) is 0 Å². The van der Waals surface area contributed by atoms with Gasteiger partial charge in [-0.05, 0) is 6.42 Å². The topological polar surface area (TPSA) is 69.2 Å². The number of carbonyl (C=O) groups is 2. The molecule has 0 radical (unpaired) electrons. The zero-order valence-electron chi connectivity index (χ0n) is 16.8. The molecule has 0 aliphatic heterocycles. The van der Waals surface area contributed by atoms with Gasteiger partial charge in [-0.25, -0.2) is 0 Å². The van der Waals surface area contributed by atoms with Gasteiger partial charge in [-0.1, -0.05) is 64.7 Å². The fourth-order valence-electron chi connectivity index (χ4n) is 3.02. The van der Waals surface area contributed by atoms with E-state index in [1.165, 1.54) is 51.4 Å². The monoisotopic (exact) mass is 356 g/mol. The van der Waals surface area contributed by atoms with Crippen molar-refractivity contribution in [2.75, 3.05) is 33.7 Å². The van der Waals surface area contributed by atoms with Crippen LogP contribution in [0.15, 0.2) is 0 Å². The molecular formula is C20H40N2O3. The number of amides is 1. The van der Waals surface area contributed by atoms with Crippen LogP contribution in [0, 0.1) is 0 Å². The van der Waals surface area contributed by atoms with Crippen molar-refractivity contribution < 1.29 is 19.2 Å². The number of likely N-dealkylation sites (N-methyl/N-ethyl adjacent to an activating group) is 1. The number of carboxylic acid groups (broad SMARTS) is 1. The highest BCUT2D eigenvalue weighted by molar-refractivity contribution is 5.75. The largest absolute Gasteiger partial charge is 0.544 e. The van der Waals surface area contributed by atoms with E-state index in [1.54, 1.807) is 0 Å². The normalized spacial score (nSPS) is 11.5. The second kappa shape index (κ2) is 15.2. The average molecular weight is 357 g/mol. The molecule has 0 aliphatic carbocycles. The maximum Gasteiger partial charge on any atom is 0.219 e. The lowest BCUT2D eigenvalue weighted by molar-refractivity contribution is -0.884. The molecule has 0 atom stereocenters. The van der Waals surface area contributed by atoms with Gasteiger partial charge in [-0.3, -0.25) is 4.79 Å². The first-order valence-electron chi connectivity index (χ1n) is 10.2. The molecule has 0 saturated carbocycles. The maximum absolute atomic E-state index is 11.8. The average Bonchev–Trinajstić information content (AvgIpc) is 2.52. The zero-order chi connectivity index (χ0) is 19.0. The first-order valence-corrected chi connectivity index (χ1v) is 10.2. The summed E-state index contributed by atoms with van der Waals surface area (Å²) < 4.78 is 0.386. The van der Waals surface area contributed by atoms with E-state index in [0.717, 1.165) is 19.3 Å². The third-order valence-electron chi connectivity index (χ3n) is 4.58. The third-order valence-corrected chi connectivity index (χ3v) is 4.58. The van der Waals surface area contributed by atoms with Gasteiger partial charge in [-0.2, -0.15) is 0 Å². The van der Waals surface area contributed by atoms with Crippen molar-refractivity contribution in [1.29, 1.82) is 0 Å². The molecule has 25 heavy (non-hydrogen) atoms. The van der Waals surface area contributed by atoms with Crippen molar-refractivity contribution >= 4 is 11.9 Å². The predicted octanol–water partition coefficient (Wildman–Crippen LogP) is 2.63. The van der Waals surface area contributed by atoms with Gasteiger partial charge in [0.25, 0.3) is 0 Å². The van der Waals surface area contributed by atoms with E-state index in [4.69, 9.17) is 0 Å². The molecule has 0 rings (SSSR count). The Morgan fingerprint density at radius 2 is 1.36 bits per heavy atom. The standard InChI is InChI=1S/C20H40N2O3/c1-4-5-6-7-8-9-10-11-12-13-15-19(23)21-16-14-17-22(2,3)18-20(24)25/h4-18H2,1-3H3,(H-,21,23,24,25). The molecule has 0 heterocycles. The summed E-state index contributed by atoms with van der Waals surface area (Å²) in [6.07, 6.45) is 14.1. The van der Waals surface area contributed by atoms with Crippen molar-refractivity contribution in [3.63, 3.8) is 0 Å². The second-order valence-corrected chi connectivity index (χ2v) is 7.82. The van der Waals surface area contributed by atoms with Crippen LogP contribution in [-0.2, 0) is 9.59 Å². The number of unbranched alkanes of at least 4 members (excludes halogenated alkanes) is 9. The number of nitrogens with zero attached hydrogens (tertiary/aromatic N) is 1. The highest BCUT2D eigenvalue weighted by Crippen LogP contribution is 2.11. The van der Waals surface area contributed by atoms with Gasteiger partial charge in [0.2, 0.25) is 5.91 Å². The number of hydrogen-bond acceptors (Lipinski definition) is 3. The van der Waals surface area contributed by atoms with Gasteiger partial charge < -0.3 is 19.7 Å². The van der Waals surface area contributed by atoms with Crippen molar-refractivity contribution in [2.45, 2.75) is 84.0 Å². The van der Waals surface area contributed by atoms with Crippen molar-refractivity contribution in [3.8, 4) is 0 Å². The van der Waals surface area contributed by atoms with Crippen LogP contribution >= 0.6 is 0 Å². The van der Waals surface area contributed by atoms with Crippen LogP contribution in [0.1, 0.15) is 84.0 Å². The van der Waals surface area contributed by atoms with Gasteiger partial charge in [-0.15, -0.1) is 0 Å². The molecule has 148 valence electrons. The number of carboxylic acids is 1. The Bertz CT molecular complexity index is 357. The maximum atomic E-state index is 11.8. The van der Waals surface area contributed by atoms with Crippen LogP contribution in [-0.4, -0.2) is 50.1 Å². The van der Waals surface area contributed by atoms with Crippen LogP contribution in [0.4, 0.5) is 0 Å². The Morgan fingerprint density at radius 1 is 0.840 bits per heavy atom. The van der Waals surface area contributed by atoms with Gasteiger partial charge in [0.1, 0.15) is 6.54 Å². The van der Waals surface area contributed by atoms with E-state index in [-0.39, 0.29) is 12.5 Å². The summed E-state index contributed by atoms with van der Waals surface area (Å²) >= 11 is 0. The van der Waals surface area contributed by atoms with E-state index in [2.05, 4.69) is 12.2 Å². The van der Waals surface area contributed by atoms with Crippen LogP contribution in [0.3, 0.4) is 0 Å². The number of rotatable bonds is 17. The van der Waals surface area contributed by atoms with E-state index in [0.29, 0.717) is 24.0 Å². The lowest BCUT2D eigenvalue weighted by Crippen LogP contribution is -2.49. The molecule has 5 heteroatoms. The summed E-state index contributed by atoms with van der Waals surface area (Å²) in [5.74, 6) is -0.917. The van der Waals surface area contributed by atoms with Gasteiger partial charge >= 0.3 is 0 Å². The van der Waals surface area contributed by atoms with Crippen LogP contribution < -0.4 is 10.4 Å². The smallest absolute Gasteiger partial charge is 0.219 e. The molecule has 0 aromatic rings. The second-order valence-electron chi connectivity index (χ2n) is 7.82. The van der Waals surface area contributed by atoms with E-state index >= 15 is 0 Å². The number of aliphatic carboxylic acids is 1. The third kappa shape index (κ3) is 17.5. The van der Waals surface area contributed by atoms with Crippen molar-refractivity contribution in [2.24, 2.45) is 0 Å². The molecule has 0 fully saturated rings. The Morgan fingerprint density at radius 3 is 1.88 bits per heavy atom. The van der Waals surface area contributed by atoms with E-state index in [1.807, 2.05) is 14.1 Å².